The highest BCUT2D eigenvalue weighted by molar-refractivity contribution is 5.91. The molecule has 2 aromatic rings. The Hall–Kier alpha value is -2.42. The standard InChI is InChI=1S/C20H21F3N4O2/c21-20(22,23)16-4-2-1-3-15(16)12-7-13-9-26(10-14(13)8-12)19(28)18-25-24-17-11-29-6-5-27(17)18/h1-4,12-14H,5-11H2/t12-,13-,14+. The molecule has 2 fully saturated rings. The second-order valence-corrected chi connectivity index (χ2v) is 8.13. The Morgan fingerprint density at radius 3 is 2.55 bits per heavy atom. The molecule has 1 saturated carbocycles. The molecule has 0 spiro atoms. The maximum Gasteiger partial charge on any atom is 0.416 e. The lowest BCUT2D eigenvalue weighted by Gasteiger charge is -2.22. The van der Waals surface area contributed by atoms with Crippen molar-refractivity contribution in [2.75, 3.05) is 19.7 Å². The number of carbonyl (C=O) groups excluding carboxylic acids is 1. The number of amides is 1. The highest BCUT2D eigenvalue weighted by Gasteiger charge is 2.45. The Kier molecular flexibility index (Phi) is 4.38. The van der Waals surface area contributed by atoms with Crippen LogP contribution < -0.4 is 0 Å². The number of benzene rings is 1. The van der Waals surface area contributed by atoms with E-state index in [1.165, 1.54) is 6.07 Å². The van der Waals surface area contributed by atoms with Gasteiger partial charge in [0.25, 0.3) is 5.91 Å². The molecule has 0 radical (unpaired) electrons. The molecular weight excluding hydrogens is 385 g/mol. The molecule has 6 nitrogen and oxygen atoms in total. The Bertz CT molecular complexity index is 928. The summed E-state index contributed by atoms with van der Waals surface area (Å²) in [6.07, 6.45) is -2.99. The number of alkyl halides is 3. The summed E-state index contributed by atoms with van der Waals surface area (Å²) in [5.74, 6) is 1.17. The highest BCUT2D eigenvalue weighted by atomic mass is 19.4. The number of hydrogen-bond donors (Lipinski definition) is 0. The summed E-state index contributed by atoms with van der Waals surface area (Å²) < 4.78 is 47.3. The molecule has 1 aliphatic carbocycles. The summed E-state index contributed by atoms with van der Waals surface area (Å²) in [6.45, 7) is 2.56. The Balaban J connectivity index is 1.30. The Morgan fingerprint density at radius 2 is 1.83 bits per heavy atom. The second kappa shape index (κ2) is 6.83. The van der Waals surface area contributed by atoms with Gasteiger partial charge in [-0.2, -0.15) is 13.2 Å². The minimum atomic E-state index is -4.34. The number of nitrogens with zero attached hydrogens (tertiary/aromatic N) is 4. The zero-order chi connectivity index (χ0) is 20.2. The first-order valence-corrected chi connectivity index (χ1v) is 9.87. The smallest absolute Gasteiger partial charge is 0.372 e. The predicted octanol–water partition coefficient (Wildman–Crippen LogP) is 3.09. The van der Waals surface area contributed by atoms with Gasteiger partial charge in [0.05, 0.1) is 12.2 Å². The van der Waals surface area contributed by atoms with Crippen LogP contribution in [0, 0.1) is 11.8 Å². The molecule has 154 valence electrons. The Labute approximate surface area is 165 Å². The number of aromatic nitrogens is 3. The van der Waals surface area contributed by atoms with Gasteiger partial charge in [-0.1, -0.05) is 18.2 Å². The van der Waals surface area contributed by atoms with Gasteiger partial charge < -0.3 is 14.2 Å². The van der Waals surface area contributed by atoms with E-state index in [-0.39, 0.29) is 23.7 Å². The fourth-order valence-corrected chi connectivity index (χ4v) is 5.13. The second-order valence-electron chi connectivity index (χ2n) is 8.13. The zero-order valence-corrected chi connectivity index (χ0v) is 15.7. The summed E-state index contributed by atoms with van der Waals surface area (Å²) >= 11 is 0. The first-order valence-electron chi connectivity index (χ1n) is 9.87. The summed E-state index contributed by atoms with van der Waals surface area (Å²) in [4.78, 5) is 14.7. The van der Waals surface area contributed by atoms with E-state index < -0.39 is 11.7 Å². The maximum atomic E-state index is 13.4. The summed E-state index contributed by atoms with van der Waals surface area (Å²) in [5.41, 5.74) is -0.144. The van der Waals surface area contributed by atoms with E-state index in [2.05, 4.69) is 10.2 Å². The maximum absolute atomic E-state index is 13.4. The van der Waals surface area contributed by atoms with Crippen molar-refractivity contribution >= 4 is 5.91 Å². The van der Waals surface area contributed by atoms with Crippen LogP contribution in [0.2, 0.25) is 0 Å². The van der Waals surface area contributed by atoms with Crippen LogP contribution in [0.15, 0.2) is 24.3 Å². The molecule has 3 heterocycles. The van der Waals surface area contributed by atoms with Crippen molar-refractivity contribution < 1.29 is 22.7 Å². The molecule has 1 aromatic carbocycles. The highest BCUT2D eigenvalue weighted by Crippen LogP contribution is 2.49. The predicted molar refractivity (Wildman–Crippen MR) is 96.0 cm³/mol. The van der Waals surface area contributed by atoms with Crippen LogP contribution in [0.3, 0.4) is 0 Å². The van der Waals surface area contributed by atoms with Gasteiger partial charge in [0, 0.05) is 19.6 Å². The molecule has 3 aliphatic rings. The summed E-state index contributed by atoms with van der Waals surface area (Å²) in [6, 6.07) is 5.87. The van der Waals surface area contributed by atoms with Crippen molar-refractivity contribution in [2.45, 2.75) is 38.1 Å². The van der Waals surface area contributed by atoms with Gasteiger partial charge in [-0.05, 0) is 42.2 Å². The lowest BCUT2D eigenvalue weighted by Crippen LogP contribution is -2.33. The van der Waals surface area contributed by atoms with Gasteiger partial charge in [0.2, 0.25) is 5.82 Å². The fourth-order valence-electron chi connectivity index (χ4n) is 5.13. The van der Waals surface area contributed by atoms with Crippen LogP contribution >= 0.6 is 0 Å². The van der Waals surface area contributed by atoms with Crippen LogP contribution in [-0.4, -0.2) is 45.3 Å². The van der Waals surface area contributed by atoms with Crippen molar-refractivity contribution in [1.29, 1.82) is 0 Å². The van der Waals surface area contributed by atoms with Crippen LogP contribution in [-0.2, 0) is 24.1 Å². The van der Waals surface area contributed by atoms with Crippen LogP contribution in [0.4, 0.5) is 13.2 Å². The molecular formula is C20H21F3N4O2. The first-order chi connectivity index (χ1) is 13.9. The van der Waals surface area contributed by atoms with Gasteiger partial charge in [0.15, 0.2) is 5.82 Å². The molecule has 5 rings (SSSR count). The third kappa shape index (κ3) is 3.21. The number of hydrogen-bond acceptors (Lipinski definition) is 4. The molecule has 1 saturated heterocycles. The molecule has 29 heavy (non-hydrogen) atoms. The van der Waals surface area contributed by atoms with E-state index in [0.717, 1.165) is 6.07 Å². The molecule has 1 amide bonds. The fraction of sp³-hybridized carbons (Fsp3) is 0.550. The van der Waals surface area contributed by atoms with E-state index in [1.54, 1.807) is 17.0 Å². The quantitative estimate of drug-likeness (QED) is 0.769. The topological polar surface area (TPSA) is 60.3 Å². The SMILES string of the molecule is O=C(c1nnc2n1CCOC2)N1C[C@H]2C[C@@H](c3ccccc3C(F)(F)F)C[C@H]2C1. The lowest BCUT2D eigenvalue weighted by molar-refractivity contribution is -0.138. The number of fused-ring (bicyclic) bond motifs is 2. The first kappa shape index (κ1) is 18.6. The average molecular weight is 406 g/mol. The molecule has 0 bridgehead atoms. The van der Waals surface area contributed by atoms with Gasteiger partial charge >= 0.3 is 6.18 Å². The monoisotopic (exact) mass is 406 g/mol. The molecule has 3 atom stereocenters. The summed E-state index contributed by atoms with van der Waals surface area (Å²) in [5, 5.41) is 8.09. The van der Waals surface area contributed by atoms with Crippen molar-refractivity contribution in [3.63, 3.8) is 0 Å². The average Bonchev–Trinajstić information content (AvgIpc) is 3.39. The van der Waals surface area contributed by atoms with E-state index >= 15 is 0 Å². The number of likely N-dealkylation sites (tertiary alicyclic amines) is 1. The van der Waals surface area contributed by atoms with Gasteiger partial charge in [-0.25, -0.2) is 0 Å². The lowest BCUT2D eigenvalue weighted by atomic mass is 9.91. The summed E-state index contributed by atoms with van der Waals surface area (Å²) in [7, 11) is 0. The number of ether oxygens (including phenoxy) is 1. The Morgan fingerprint density at radius 1 is 1.10 bits per heavy atom. The van der Waals surface area contributed by atoms with Crippen LogP contribution in [0.1, 0.15) is 46.3 Å². The van der Waals surface area contributed by atoms with Crippen molar-refractivity contribution in [2.24, 2.45) is 11.8 Å². The molecule has 9 heteroatoms. The molecule has 2 aliphatic heterocycles. The van der Waals surface area contributed by atoms with E-state index in [9.17, 15) is 18.0 Å². The van der Waals surface area contributed by atoms with E-state index in [1.807, 2.05) is 4.57 Å². The van der Waals surface area contributed by atoms with E-state index in [4.69, 9.17) is 4.74 Å². The normalized spacial score (nSPS) is 26.4. The van der Waals surface area contributed by atoms with Gasteiger partial charge in [-0.3, -0.25) is 4.79 Å². The number of rotatable bonds is 2. The molecule has 1 aromatic heterocycles. The van der Waals surface area contributed by atoms with E-state index in [0.29, 0.717) is 62.9 Å². The van der Waals surface area contributed by atoms with Crippen molar-refractivity contribution in [1.82, 2.24) is 19.7 Å². The largest absolute Gasteiger partial charge is 0.416 e. The third-order valence-electron chi connectivity index (χ3n) is 6.45. The van der Waals surface area contributed by atoms with Gasteiger partial charge in [0.1, 0.15) is 6.61 Å². The zero-order valence-electron chi connectivity index (χ0n) is 15.7. The third-order valence-corrected chi connectivity index (χ3v) is 6.45. The van der Waals surface area contributed by atoms with Crippen LogP contribution in [0.5, 0.6) is 0 Å². The number of halogens is 3. The molecule has 0 unspecified atom stereocenters. The van der Waals surface area contributed by atoms with Gasteiger partial charge in [-0.15, -0.1) is 10.2 Å². The minimum absolute atomic E-state index is 0.113. The van der Waals surface area contributed by atoms with Crippen molar-refractivity contribution in [3.05, 3.63) is 47.0 Å². The molecule has 0 N–H and O–H groups in total. The number of carbonyl (C=O) groups is 1. The minimum Gasteiger partial charge on any atom is -0.372 e. The van der Waals surface area contributed by atoms with Crippen LogP contribution in [0.25, 0.3) is 0 Å². The van der Waals surface area contributed by atoms with Crippen molar-refractivity contribution in [3.8, 4) is 0 Å².